The van der Waals surface area contributed by atoms with Gasteiger partial charge in [-0.25, -0.2) is 9.18 Å². The third-order valence-electron chi connectivity index (χ3n) is 3.32. The van der Waals surface area contributed by atoms with E-state index in [9.17, 15) is 14.0 Å². The molecule has 0 aromatic heterocycles. The van der Waals surface area contributed by atoms with Gasteiger partial charge in [-0.2, -0.15) is 0 Å². The van der Waals surface area contributed by atoms with E-state index in [1.165, 1.54) is 13.0 Å². The molecule has 2 rings (SSSR count). The molecule has 2 aromatic rings. The molecule has 0 fully saturated rings. The zero-order valence-electron chi connectivity index (χ0n) is 13.9. The number of carbonyl (C=O) groups excluding carboxylic acids is 2. The van der Waals surface area contributed by atoms with Gasteiger partial charge in [0.2, 0.25) is 0 Å². The van der Waals surface area contributed by atoms with Crippen LogP contribution in [0.1, 0.15) is 24.2 Å². The molecule has 3 N–H and O–H groups in total. The van der Waals surface area contributed by atoms with E-state index in [4.69, 9.17) is 15.2 Å². The van der Waals surface area contributed by atoms with E-state index in [0.29, 0.717) is 18.0 Å². The molecule has 2 aromatic carbocycles. The summed E-state index contributed by atoms with van der Waals surface area (Å²) >= 11 is 0. The van der Waals surface area contributed by atoms with Crippen molar-refractivity contribution >= 4 is 23.3 Å². The van der Waals surface area contributed by atoms with Gasteiger partial charge < -0.3 is 20.5 Å². The van der Waals surface area contributed by atoms with E-state index in [1.807, 2.05) is 6.92 Å². The van der Waals surface area contributed by atoms with Crippen LogP contribution >= 0.6 is 0 Å². The van der Waals surface area contributed by atoms with Crippen molar-refractivity contribution in [3.63, 3.8) is 0 Å². The number of amides is 1. The van der Waals surface area contributed by atoms with Gasteiger partial charge in [0.15, 0.2) is 6.10 Å². The van der Waals surface area contributed by atoms with Crippen LogP contribution in [0, 0.1) is 5.82 Å². The Morgan fingerprint density at radius 1 is 1.20 bits per heavy atom. The van der Waals surface area contributed by atoms with Crippen molar-refractivity contribution in [2.45, 2.75) is 20.0 Å². The minimum Gasteiger partial charge on any atom is -0.494 e. The molecule has 132 valence electrons. The fourth-order valence-electron chi connectivity index (χ4n) is 2.04. The lowest BCUT2D eigenvalue weighted by atomic mass is 10.2. The zero-order chi connectivity index (χ0) is 18.4. The van der Waals surface area contributed by atoms with E-state index in [-0.39, 0.29) is 11.3 Å². The fourth-order valence-corrected chi connectivity index (χ4v) is 2.04. The van der Waals surface area contributed by atoms with Crippen LogP contribution in [0.2, 0.25) is 0 Å². The second-order valence-electron chi connectivity index (χ2n) is 5.23. The van der Waals surface area contributed by atoms with Gasteiger partial charge in [-0.3, -0.25) is 4.79 Å². The van der Waals surface area contributed by atoms with Gasteiger partial charge in [-0.1, -0.05) is 0 Å². The quantitative estimate of drug-likeness (QED) is 0.620. The number of anilines is 2. The number of halogens is 1. The smallest absolute Gasteiger partial charge is 0.341 e. The number of rotatable bonds is 6. The average Bonchev–Trinajstić information content (AvgIpc) is 2.56. The lowest BCUT2D eigenvalue weighted by Crippen LogP contribution is -2.30. The van der Waals surface area contributed by atoms with Crippen LogP contribution < -0.4 is 15.8 Å². The number of esters is 1. The normalized spacial score (nSPS) is 11.5. The summed E-state index contributed by atoms with van der Waals surface area (Å²) in [5.74, 6) is -1.17. The number of hydrogen-bond acceptors (Lipinski definition) is 5. The molecule has 6 nitrogen and oxygen atoms in total. The highest BCUT2D eigenvalue weighted by Gasteiger charge is 2.20. The largest absolute Gasteiger partial charge is 0.494 e. The van der Waals surface area contributed by atoms with Crippen molar-refractivity contribution in [3.05, 3.63) is 53.8 Å². The maximum Gasteiger partial charge on any atom is 0.341 e. The molecule has 7 heteroatoms. The second-order valence-corrected chi connectivity index (χ2v) is 5.23. The molecule has 0 heterocycles. The average molecular weight is 346 g/mol. The molecule has 0 radical (unpaired) electrons. The fraction of sp³-hybridized carbons (Fsp3) is 0.222. The summed E-state index contributed by atoms with van der Waals surface area (Å²) in [5, 5.41) is 2.63. The van der Waals surface area contributed by atoms with Crippen LogP contribution in [0.3, 0.4) is 0 Å². The first-order valence-electron chi connectivity index (χ1n) is 7.70. The van der Waals surface area contributed by atoms with E-state index in [1.54, 1.807) is 24.3 Å². The maximum atomic E-state index is 13.0. The van der Waals surface area contributed by atoms with Crippen LogP contribution in [0.15, 0.2) is 42.5 Å². The summed E-state index contributed by atoms with van der Waals surface area (Å²) < 4.78 is 23.4. The summed E-state index contributed by atoms with van der Waals surface area (Å²) in [6, 6.07) is 10.1. The number of benzene rings is 2. The molecule has 0 aliphatic heterocycles. The number of carbonyl (C=O) groups is 2. The minimum atomic E-state index is -1.05. The maximum absolute atomic E-state index is 13.0. The molecule has 1 amide bonds. The number of nitrogen functional groups attached to an aromatic ring is 1. The lowest BCUT2D eigenvalue weighted by Gasteiger charge is -2.14. The first-order chi connectivity index (χ1) is 11.9. The Morgan fingerprint density at radius 2 is 1.88 bits per heavy atom. The Hall–Kier alpha value is -3.09. The van der Waals surface area contributed by atoms with Gasteiger partial charge in [-0.15, -0.1) is 0 Å². The van der Waals surface area contributed by atoms with Gasteiger partial charge in [0, 0.05) is 11.4 Å². The molecular formula is C18H19FN2O4. The molecule has 0 saturated heterocycles. The Kier molecular flexibility index (Phi) is 5.94. The molecule has 0 aliphatic carbocycles. The molecular weight excluding hydrogens is 327 g/mol. The predicted molar refractivity (Wildman–Crippen MR) is 91.9 cm³/mol. The van der Waals surface area contributed by atoms with E-state index in [2.05, 4.69) is 5.32 Å². The standard InChI is InChI=1S/C18H19FN2O4/c1-3-24-14-7-5-13(6-8-14)21-17(22)11(2)25-18(23)15-9-4-12(19)10-16(15)20/h4-11H,3,20H2,1-2H3,(H,21,22)/t11-/m0/s1. The molecule has 1 atom stereocenters. The van der Waals surface area contributed by atoms with Gasteiger partial charge in [0.05, 0.1) is 12.2 Å². The highest BCUT2D eigenvalue weighted by Crippen LogP contribution is 2.17. The Balaban J connectivity index is 1.96. The first kappa shape index (κ1) is 18.3. The van der Waals surface area contributed by atoms with Crippen molar-refractivity contribution in [2.75, 3.05) is 17.7 Å². The summed E-state index contributed by atoms with van der Waals surface area (Å²) in [5.41, 5.74) is 6.07. The molecule has 0 bridgehead atoms. The van der Waals surface area contributed by atoms with Crippen LogP contribution in [0.5, 0.6) is 5.75 Å². The van der Waals surface area contributed by atoms with Gasteiger partial charge in [0.1, 0.15) is 11.6 Å². The lowest BCUT2D eigenvalue weighted by molar-refractivity contribution is -0.123. The topological polar surface area (TPSA) is 90.6 Å². The van der Waals surface area contributed by atoms with Crippen LogP contribution in [0.25, 0.3) is 0 Å². The van der Waals surface area contributed by atoms with Crippen molar-refractivity contribution in [1.82, 2.24) is 0 Å². The van der Waals surface area contributed by atoms with E-state index in [0.717, 1.165) is 12.1 Å². The van der Waals surface area contributed by atoms with Crippen LogP contribution in [0.4, 0.5) is 15.8 Å². The number of hydrogen-bond donors (Lipinski definition) is 2. The highest BCUT2D eigenvalue weighted by molar-refractivity contribution is 5.99. The SMILES string of the molecule is CCOc1ccc(NC(=O)[C@H](C)OC(=O)c2ccc(F)cc2N)cc1. The number of nitrogens with two attached hydrogens (primary N) is 1. The van der Waals surface area contributed by atoms with Crippen molar-refractivity contribution in [1.29, 1.82) is 0 Å². The molecule has 25 heavy (non-hydrogen) atoms. The first-order valence-corrected chi connectivity index (χ1v) is 7.70. The van der Waals surface area contributed by atoms with Gasteiger partial charge in [-0.05, 0) is 56.3 Å². The summed E-state index contributed by atoms with van der Waals surface area (Å²) in [7, 11) is 0. The second kappa shape index (κ2) is 8.14. The Morgan fingerprint density at radius 3 is 2.48 bits per heavy atom. The molecule has 0 saturated carbocycles. The number of ether oxygens (including phenoxy) is 2. The monoisotopic (exact) mass is 346 g/mol. The predicted octanol–water partition coefficient (Wildman–Crippen LogP) is 2.99. The van der Waals surface area contributed by atoms with Crippen molar-refractivity contribution < 1.29 is 23.5 Å². The van der Waals surface area contributed by atoms with Gasteiger partial charge >= 0.3 is 5.97 Å². The molecule has 0 aliphatic rings. The van der Waals surface area contributed by atoms with Crippen LogP contribution in [-0.4, -0.2) is 24.6 Å². The summed E-state index contributed by atoms with van der Waals surface area (Å²) in [6.07, 6.45) is -1.05. The highest BCUT2D eigenvalue weighted by atomic mass is 19.1. The number of nitrogens with one attached hydrogen (secondary N) is 1. The summed E-state index contributed by atoms with van der Waals surface area (Å²) in [6.45, 7) is 3.85. The van der Waals surface area contributed by atoms with Crippen molar-refractivity contribution in [2.24, 2.45) is 0 Å². The van der Waals surface area contributed by atoms with Crippen molar-refractivity contribution in [3.8, 4) is 5.75 Å². The Labute approximate surface area is 144 Å². The zero-order valence-corrected chi connectivity index (χ0v) is 13.9. The van der Waals surface area contributed by atoms with Crippen LogP contribution in [-0.2, 0) is 9.53 Å². The van der Waals surface area contributed by atoms with E-state index >= 15 is 0 Å². The third-order valence-corrected chi connectivity index (χ3v) is 3.32. The molecule has 0 unspecified atom stereocenters. The third kappa shape index (κ3) is 4.94. The summed E-state index contributed by atoms with van der Waals surface area (Å²) in [4.78, 5) is 24.2. The minimum absolute atomic E-state index is 0.00196. The molecule has 0 spiro atoms. The van der Waals surface area contributed by atoms with Gasteiger partial charge in [0.25, 0.3) is 5.91 Å². The van der Waals surface area contributed by atoms with E-state index < -0.39 is 23.8 Å². The Bertz CT molecular complexity index is 762.